The number of halogens is 2. The van der Waals surface area contributed by atoms with Crippen LogP contribution in [0.4, 0.5) is 14.9 Å². The van der Waals surface area contributed by atoms with Crippen LogP contribution in [-0.4, -0.2) is 37.9 Å². The van der Waals surface area contributed by atoms with Crippen molar-refractivity contribution in [1.29, 1.82) is 0 Å². The molecule has 0 radical (unpaired) electrons. The maximum Gasteiger partial charge on any atom is 0.414 e. The van der Waals surface area contributed by atoms with E-state index < -0.39 is 21.9 Å². The average molecular weight is 439 g/mol. The van der Waals surface area contributed by atoms with Crippen molar-refractivity contribution >= 4 is 33.4 Å². The number of aryl methyl sites for hydroxylation is 1. The number of carbonyl (C=O) groups excluding carboxylic acids is 1. The van der Waals surface area contributed by atoms with Crippen molar-refractivity contribution in [3.05, 3.63) is 58.4 Å². The summed E-state index contributed by atoms with van der Waals surface area (Å²) in [6.07, 6.45) is 0.534. The molecule has 0 saturated carbocycles. The summed E-state index contributed by atoms with van der Waals surface area (Å²) >= 11 is 5.75. The highest BCUT2D eigenvalue weighted by Gasteiger charge is 2.37. The Labute approximate surface area is 173 Å². The van der Waals surface area contributed by atoms with Crippen LogP contribution in [0.25, 0.3) is 0 Å². The van der Waals surface area contributed by atoms with Crippen molar-refractivity contribution in [2.24, 2.45) is 0 Å². The van der Waals surface area contributed by atoms with E-state index in [-0.39, 0.29) is 35.7 Å². The minimum atomic E-state index is -3.79. The van der Waals surface area contributed by atoms with Crippen LogP contribution in [0.15, 0.2) is 41.3 Å². The highest BCUT2D eigenvalue weighted by Crippen LogP contribution is 2.35. The second-order valence-corrected chi connectivity index (χ2v) is 9.56. The van der Waals surface area contributed by atoms with E-state index in [4.69, 9.17) is 16.3 Å². The molecule has 1 saturated heterocycles. The van der Waals surface area contributed by atoms with Gasteiger partial charge in [0.2, 0.25) is 10.0 Å². The van der Waals surface area contributed by atoms with Crippen LogP contribution in [0.2, 0.25) is 5.02 Å². The summed E-state index contributed by atoms with van der Waals surface area (Å²) in [7, 11) is -3.79. The van der Waals surface area contributed by atoms with Crippen molar-refractivity contribution in [2.75, 3.05) is 18.0 Å². The number of para-hydroxylation sites is 1. The molecule has 1 amide bonds. The lowest BCUT2D eigenvalue weighted by Gasteiger charge is -2.40. The highest BCUT2D eigenvalue weighted by molar-refractivity contribution is 7.89. The monoisotopic (exact) mass is 438 g/mol. The fourth-order valence-corrected chi connectivity index (χ4v) is 5.68. The molecule has 1 fully saturated rings. The lowest BCUT2D eigenvalue weighted by Crippen LogP contribution is -2.50. The zero-order valence-electron chi connectivity index (χ0n) is 15.8. The Kier molecular flexibility index (Phi) is 5.27. The maximum atomic E-state index is 13.4. The number of benzene rings is 2. The normalized spacial score (nSPS) is 18.4. The summed E-state index contributed by atoms with van der Waals surface area (Å²) in [5.41, 5.74) is 2.78. The summed E-state index contributed by atoms with van der Waals surface area (Å²) in [6, 6.07) is 9.03. The maximum absolute atomic E-state index is 13.4. The summed E-state index contributed by atoms with van der Waals surface area (Å²) in [4.78, 5) is 14.1. The van der Waals surface area contributed by atoms with Gasteiger partial charge in [-0.3, -0.25) is 4.90 Å². The van der Waals surface area contributed by atoms with Gasteiger partial charge in [0.25, 0.3) is 0 Å². The van der Waals surface area contributed by atoms with Crippen LogP contribution in [0.1, 0.15) is 24.0 Å². The van der Waals surface area contributed by atoms with E-state index in [2.05, 4.69) is 0 Å². The number of amides is 1. The van der Waals surface area contributed by atoms with Gasteiger partial charge < -0.3 is 4.74 Å². The topological polar surface area (TPSA) is 66.9 Å². The van der Waals surface area contributed by atoms with E-state index in [0.29, 0.717) is 12.8 Å². The molecule has 4 rings (SSSR count). The predicted octanol–water partition coefficient (Wildman–Crippen LogP) is 4.10. The van der Waals surface area contributed by atoms with E-state index in [1.807, 2.05) is 25.1 Å². The number of piperidine rings is 1. The minimum absolute atomic E-state index is 0.0408. The van der Waals surface area contributed by atoms with Gasteiger partial charge >= 0.3 is 6.09 Å². The third-order valence-electron chi connectivity index (χ3n) is 5.43. The second kappa shape index (κ2) is 7.59. The Balaban J connectivity index is 1.54. The van der Waals surface area contributed by atoms with Crippen molar-refractivity contribution in [1.82, 2.24) is 4.31 Å². The molecule has 2 heterocycles. The molecule has 2 aliphatic heterocycles. The number of hydrogen-bond acceptors (Lipinski definition) is 4. The molecule has 2 aliphatic rings. The zero-order chi connectivity index (χ0) is 20.8. The fraction of sp³-hybridized carbons (Fsp3) is 0.350. The van der Waals surface area contributed by atoms with Gasteiger partial charge in [-0.2, -0.15) is 4.31 Å². The van der Waals surface area contributed by atoms with E-state index in [1.54, 1.807) is 4.90 Å². The Morgan fingerprint density at radius 1 is 1.17 bits per heavy atom. The number of hydrogen-bond donors (Lipinski definition) is 0. The molecule has 0 spiro atoms. The van der Waals surface area contributed by atoms with Gasteiger partial charge in [0.05, 0.1) is 15.6 Å². The third kappa shape index (κ3) is 3.60. The molecule has 9 heteroatoms. The molecule has 0 N–H and O–H groups in total. The van der Waals surface area contributed by atoms with Gasteiger partial charge in [0.15, 0.2) is 0 Å². The van der Waals surface area contributed by atoms with E-state index in [9.17, 15) is 17.6 Å². The lowest BCUT2D eigenvalue weighted by molar-refractivity contribution is 0.135. The highest BCUT2D eigenvalue weighted by atomic mass is 35.5. The van der Waals surface area contributed by atoms with Gasteiger partial charge in [-0.1, -0.05) is 29.8 Å². The standard InChI is InChI=1S/C20H20ClFN2O4S/c1-13-3-2-4-14-12-28-20(25)24(19(13)14)15-7-9-23(10-8-15)29(26,27)16-5-6-18(22)17(21)11-16/h2-6,11,15H,7-10,12H2,1H3. The predicted molar refractivity (Wildman–Crippen MR) is 107 cm³/mol. The number of rotatable bonds is 3. The van der Waals surface area contributed by atoms with E-state index in [1.165, 1.54) is 10.4 Å². The zero-order valence-corrected chi connectivity index (χ0v) is 17.3. The fourth-order valence-electron chi connectivity index (χ4n) is 3.94. The SMILES string of the molecule is Cc1cccc2c1N(C1CCN(S(=O)(=O)c3ccc(F)c(Cl)c3)CC1)C(=O)OC2. The van der Waals surface area contributed by atoms with Gasteiger partial charge in [0, 0.05) is 24.7 Å². The number of ether oxygens (including phenoxy) is 1. The minimum Gasteiger partial charge on any atom is -0.444 e. The van der Waals surface area contributed by atoms with Gasteiger partial charge in [-0.05, 0) is 43.5 Å². The summed E-state index contributed by atoms with van der Waals surface area (Å²) in [5, 5.41) is -0.232. The Morgan fingerprint density at radius 3 is 2.59 bits per heavy atom. The molecule has 0 atom stereocenters. The van der Waals surface area contributed by atoms with Crippen LogP contribution in [0.5, 0.6) is 0 Å². The number of anilines is 1. The molecule has 0 aliphatic carbocycles. The van der Waals surface area contributed by atoms with Gasteiger partial charge in [-0.15, -0.1) is 0 Å². The van der Waals surface area contributed by atoms with E-state index >= 15 is 0 Å². The van der Waals surface area contributed by atoms with Crippen LogP contribution in [0, 0.1) is 12.7 Å². The van der Waals surface area contributed by atoms with Crippen LogP contribution in [0.3, 0.4) is 0 Å². The van der Waals surface area contributed by atoms with Crippen molar-refractivity contribution < 1.29 is 22.3 Å². The van der Waals surface area contributed by atoms with Crippen LogP contribution >= 0.6 is 11.6 Å². The molecule has 29 heavy (non-hydrogen) atoms. The second-order valence-electron chi connectivity index (χ2n) is 7.22. The molecule has 2 aromatic rings. The third-order valence-corrected chi connectivity index (χ3v) is 7.61. The number of sulfonamides is 1. The molecule has 0 bridgehead atoms. The summed E-state index contributed by atoms with van der Waals surface area (Å²) in [6.45, 7) is 2.67. The van der Waals surface area contributed by atoms with Gasteiger partial charge in [-0.25, -0.2) is 17.6 Å². The number of fused-ring (bicyclic) bond motifs is 1. The molecule has 0 unspecified atom stereocenters. The first kappa shape index (κ1) is 20.1. The van der Waals surface area contributed by atoms with Crippen molar-refractivity contribution in [3.8, 4) is 0 Å². The first-order valence-electron chi connectivity index (χ1n) is 9.28. The average Bonchev–Trinajstić information content (AvgIpc) is 2.70. The summed E-state index contributed by atoms with van der Waals surface area (Å²) < 4.78 is 45.8. The van der Waals surface area contributed by atoms with Gasteiger partial charge in [0.1, 0.15) is 12.4 Å². The Hall–Kier alpha value is -2.16. The summed E-state index contributed by atoms with van der Waals surface area (Å²) in [5.74, 6) is -0.665. The number of cyclic esters (lactones) is 1. The Morgan fingerprint density at radius 2 is 1.90 bits per heavy atom. The van der Waals surface area contributed by atoms with Crippen LogP contribution in [-0.2, 0) is 21.4 Å². The molecule has 0 aromatic heterocycles. The largest absolute Gasteiger partial charge is 0.444 e. The van der Waals surface area contributed by atoms with Crippen molar-refractivity contribution in [2.45, 2.75) is 37.3 Å². The smallest absolute Gasteiger partial charge is 0.414 e. The molecular formula is C20H20ClFN2O4S. The lowest BCUT2D eigenvalue weighted by atomic mass is 10.00. The first-order valence-corrected chi connectivity index (χ1v) is 11.1. The molecule has 2 aromatic carbocycles. The quantitative estimate of drug-likeness (QED) is 0.723. The first-order chi connectivity index (χ1) is 13.8. The Bertz CT molecular complexity index is 1070. The molecule has 154 valence electrons. The molecular weight excluding hydrogens is 419 g/mol. The van der Waals surface area contributed by atoms with E-state index in [0.717, 1.165) is 28.9 Å². The number of nitrogens with zero attached hydrogens (tertiary/aromatic N) is 2. The molecule has 6 nitrogen and oxygen atoms in total. The van der Waals surface area contributed by atoms with Crippen molar-refractivity contribution in [3.63, 3.8) is 0 Å². The number of carbonyl (C=O) groups is 1. The van der Waals surface area contributed by atoms with Crippen LogP contribution < -0.4 is 4.90 Å².